The first-order chi connectivity index (χ1) is 14.7. The number of carboxylic acids is 2. The average Bonchev–Trinajstić information content (AvgIpc) is 3.27. The highest BCUT2D eigenvalue weighted by Crippen LogP contribution is 2.27. The second kappa shape index (κ2) is 9.02. The SMILES string of the molecule is CC(C)C(NC(=O)N1CCn2c1nc1ccccc12)C(=O)NC(CCC(=O)O)C(=O)O. The van der Waals surface area contributed by atoms with Gasteiger partial charge >= 0.3 is 18.0 Å². The molecule has 2 heterocycles. The predicted molar refractivity (Wildman–Crippen MR) is 111 cm³/mol. The van der Waals surface area contributed by atoms with Gasteiger partial charge in [0.25, 0.3) is 0 Å². The number of hydrogen-bond donors (Lipinski definition) is 4. The molecule has 1 aromatic heterocycles. The van der Waals surface area contributed by atoms with Gasteiger partial charge in [0.2, 0.25) is 11.9 Å². The number of benzene rings is 1. The first-order valence-electron chi connectivity index (χ1n) is 9.97. The molecule has 0 saturated carbocycles. The van der Waals surface area contributed by atoms with E-state index in [4.69, 9.17) is 5.11 Å². The topological polar surface area (TPSA) is 154 Å². The van der Waals surface area contributed by atoms with Crippen molar-refractivity contribution in [2.75, 3.05) is 11.4 Å². The van der Waals surface area contributed by atoms with E-state index in [0.717, 1.165) is 11.0 Å². The number of amides is 3. The van der Waals surface area contributed by atoms with Crippen molar-refractivity contribution in [3.8, 4) is 0 Å². The zero-order chi connectivity index (χ0) is 22.7. The number of para-hydroxylation sites is 2. The van der Waals surface area contributed by atoms with Crippen molar-refractivity contribution in [1.29, 1.82) is 0 Å². The van der Waals surface area contributed by atoms with E-state index in [2.05, 4.69) is 15.6 Å². The maximum absolute atomic E-state index is 12.9. The van der Waals surface area contributed by atoms with Gasteiger partial charge in [-0.1, -0.05) is 26.0 Å². The zero-order valence-electron chi connectivity index (χ0n) is 17.2. The number of aliphatic carboxylic acids is 2. The predicted octanol–water partition coefficient (Wildman–Crippen LogP) is 1.02. The summed E-state index contributed by atoms with van der Waals surface area (Å²) in [7, 11) is 0. The first kappa shape index (κ1) is 22.1. The molecule has 0 fully saturated rings. The second-order valence-electron chi connectivity index (χ2n) is 7.71. The fourth-order valence-electron chi connectivity index (χ4n) is 3.51. The third-order valence-corrected chi connectivity index (χ3v) is 5.16. The molecule has 2 unspecified atom stereocenters. The summed E-state index contributed by atoms with van der Waals surface area (Å²) in [5.74, 6) is -3.04. The Morgan fingerprint density at radius 2 is 1.81 bits per heavy atom. The summed E-state index contributed by atoms with van der Waals surface area (Å²) >= 11 is 0. The van der Waals surface area contributed by atoms with Crippen molar-refractivity contribution < 1.29 is 29.4 Å². The van der Waals surface area contributed by atoms with Gasteiger partial charge in [-0.3, -0.25) is 14.5 Å². The van der Waals surface area contributed by atoms with E-state index >= 15 is 0 Å². The van der Waals surface area contributed by atoms with Crippen LogP contribution < -0.4 is 15.5 Å². The second-order valence-corrected chi connectivity index (χ2v) is 7.71. The molecule has 0 spiro atoms. The lowest BCUT2D eigenvalue weighted by atomic mass is 10.0. The fourth-order valence-corrected chi connectivity index (χ4v) is 3.51. The highest BCUT2D eigenvalue weighted by molar-refractivity contribution is 5.97. The van der Waals surface area contributed by atoms with Crippen molar-refractivity contribution in [2.24, 2.45) is 5.92 Å². The van der Waals surface area contributed by atoms with Crippen LogP contribution in [-0.4, -0.2) is 62.3 Å². The zero-order valence-corrected chi connectivity index (χ0v) is 17.2. The Bertz CT molecular complexity index is 1020. The van der Waals surface area contributed by atoms with Crippen LogP contribution in [0.5, 0.6) is 0 Å². The standard InChI is InChI=1S/C20H25N5O6/c1-11(2)16(17(28)21-13(18(29)30)7-8-15(26)27)23-20(31)25-10-9-24-14-6-4-3-5-12(14)22-19(24)25/h3-6,11,13,16H,7-10H2,1-2H3,(H,21,28)(H,23,31)(H,26,27)(H,29,30). The van der Waals surface area contributed by atoms with E-state index in [-0.39, 0.29) is 12.3 Å². The Morgan fingerprint density at radius 1 is 1.10 bits per heavy atom. The Hall–Kier alpha value is -3.63. The van der Waals surface area contributed by atoms with Crippen molar-refractivity contribution >= 4 is 40.9 Å². The van der Waals surface area contributed by atoms with Crippen molar-refractivity contribution in [1.82, 2.24) is 20.2 Å². The van der Waals surface area contributed by atoms with E-state index in [0.29, 0.717) is 19.0 Å². The van der Waals surface area contributed by atoms with Crippen LogP contribution in [0, 0.1) is 5.92 Å². The number of aromatic nitrogens is 2. The molecule has 1 aliphatic heterocycles. The van der Waals surface area contributed by atoms with Crippen molar-refractivity contribution in [3.63, 3.8) is 0 Å². The number of urea groups is 1. The molecule has 0 bridgehead atoms. The Balaban J connectivity index is 1.72. The van der Waals surface area contributed by atoms with E-state index in [1.807, 2.05) is 28.8 Å². The van der Waals surface area contributed by atoms with Gasteiger partial charge in [0.1, 0.15) is 12.1 Å². The maximum atomic E-state index is 12.9. The number of hydrogen-bond acceptors (Lipinski definition) is 5. The number of nitrogens with one attached hydrogen (secondary N) is 2. The van der Waals surface area contributed by atoms with E-state index in [9.17, 15) is 24.3 Å². The molecule has 3 amide bonds. The minimum Gasteiger partial charge on any atom is -0.481 e. The summed E-state index contributed by atoms with van der Waals surface area (Å²) in [6, 6.07) is 4.64. The van der Waals surface area contributed by atoms with Crippen LogP contribution in [0.2, 0.25) is 0 Å². The molecule has 4 N–H and O–H groups in total. The van der Waals surface area contributed by atoms with Crippen molar-refractivity contribution in [3.05, 3.63) is 24.3 Å². The highest BCUT2D eigenvalue weighted by Gasteiger charge is 2.33. The molecule has 0 saturated heterocycles. The molecule has 1 aliphatic rings. The van der Waals surface area contributed by atoms with E-state index in [1.54, 1.807) is 13.8 Å². The van der Waals surface area contributed by atoms with Gasteiger partial charge in [0, 0.05) is 19.5 Å². The van der Waals surface area contributed by atoms with Crippen LogP contribution in [-0.2, 0) is 20.9 Å². The molecule has 0 aliphatic carbocycles. The molecule has 11 heteroatoms. The number of carboxylic acid groups (broad SMARTS) is 2. The molecule has 3 rings (SSSR count). The molecule has 0 radical (unpaired) electrons. The molecule has 11 nitrogen and oxygen atoms in total. The summed E-state index contributed by atoms with van der Waals surface area (Å²) in [6.07, 6.45) is -0.661. The monoisotopic (exact) mass is 431 g/mol. The number of rotatable bonds is 8. The largest absolute Gasteiger partial charge is 0.481 e. The Kier molecular flexibility index (Phi) is 6.42. The average molecular weight is 431 g/mol. The summed E-state index contributed by atoms with van der Waals surface area (Å²) in [6.45, 7) is 4.40. The molecule has 1 aromatic carbocycles. The first-order valence-corrected chi connectivity index (χ1v) is 9.97. The van der Waals surface area contributed by atoms with Crippen LogP contribution in [0.1, 0.15) is 26.7 Å². The van der Waals surface area contributed by atoms with Gasteiger partial charge in [-0.15, -0.1) is 0 Å². The van der Waals surface area contributed by atoms with Crippen LogP contribution in [0.3, 0.4) is 0 Å². The minimum absolute atomic E-state index is 0.259. The Morgan fingerprint density at radius 3 is 2.45 bits per heavy atom. The van der Waals surface area contributed by atoms with Gasteiger partial charge in [-0.2, -0.15) is 0 Å². The normalized spacial score (nSPS) is 14.9. The summed E-state index contributed by atoms with van der Waals surface area (Å²) < 4.78 is 1.92. The van der Waals surface area contributed by atoms with Crippen LogP contribution in [0.25, 0.3) is 11.0 Å². The lowest BCUT2D eigenvalue weighted by molar-refractivity contribution is -0.143. The van der Waals surface area contributed by atoms with Crippen molar-refractivity contribution in [2.45, 2.75) is 45.3 Å². The molecule has 31 heavy (non-hydrogen) atoms. The number of anilines is 1. The number of nitrogens with zero attached hydrogens (tertiary/aromatic N) is 3. The third-order valence-electron chi connectivity index (χ3n) is 5.16. The smallest absolute Gasteiger partial charge is 0.326 e. The van der Waals surface area contributed by atoms with Crippen LogP contribution >= 0.6 is 0 Å². The summed E-state index contributed by atoms with van der Waals surface area (Å²) in [5.41, 5.74) is 1.67. The lowest BCUT2D eigenvalue weighted by Gasteiger charge is -2.26. The minimum atomic E-state index is -1.36. The van der Waals surface area contributed by atoms with Gasteiger partial charge in [0.05, 0.1) is 11.0 Å². The van der Waals surface area contributed by atoms with E-state index in [1.165, 1.54) is 4.90 Å². The number of carbonyl (C=O) groups excluding carboxylic acids is 2. The lowest BCUT2D eigenvalue weighted by Crippen LogP contribution is -2.56. The van der Waals surface area contributed by atoms with Gasteiger partial charge < -0.3 is 25.4 Å². The quantitative estimate of drug-likeness (QED) is 0.487. The Labute approximate surface area is 178 Å². The number of fused-ring (bicyclic) bond motifs is 3. The molecular weight excluding hydrogens is 406 g/mol. The maximum Gasteiger partial charge on any atom is 0.326 e. The van der Waals surface area contributed by atoms with Gasteiger partial charge in [-0.25, -0.2) is 14.6 Å². The van der Waals surface area contributed by atoms with Gasteiger partial charge in [-0.05, 0) is 24.5 Å². The summed E-state index contributed by atoms with van der Waals surface area (Å²) in [4.78, 5) is 53.7. The number of imidazole rings is 1. The van der Waals surface area contributed by atoms with Crippen LogP contribution in [0.4, 0.5) is 10.7 Å². The number of carbonyl (C=O) groups is 4. The molecule has 166 valence electrons. The molecular formula is C20H25N5O6. The van der Waals surface area contributed by atoms with Gasteiger partial charge in [0.15, 0.2) is 0 Å². The van der Waals surface area contributed by atoms with E-state index < -0.39 is 42.4 Å². The third kappa shape index (κ3) is 4.76. The van der Waals surface area contributed by atoms with Crippen LogP contribution in [0.15, 0.2) is 24.3 Å². The molecule has 2 aromatic rings. The summed E-state index contributed by atoms with van der Waals surface area (Å²) in [5, 5.41) is 23.0. The molecule has 2 atom stereocenters. The highest BCUT2D eigenvalue weighted by atomic mass is 16.4. The fraction of sp³-hybridized carbons (Fsp3) is 0.450.